The zero-order valence-electron chi connectivity index (χ0n) is 19.9. The van der Waals surface area contributed by atoms with E-state index in [0.717, 1.165) is 28.0 Å². The largest absolute Gasteiger partial charge is 0.508 e. The van der Waals surface area contributed by atoms with Gasteiger partial charge in [-0.05, 0) is 85.5 Å². The van der Waals surface area contributed by atoms with Gasteiger partial charge in [-0.25, -0.2) is 0 Å². The fraction of sp³-hybridized carbons (Fsp3) is 0.370. The van der Waals surface area contributed by atoms with Crippen molar-refractivity contribution in [1.29, 1.82) is 0 Å². The molecule has 4 atom stereocenters. The lowest BCUT2D eigenvalue weighted by Crippen LogP contribution is -2.45. The van der Waals surface area contributed by atoms with Gasteiger partial charge in [-0.2, -0.15) is 0 Å². The number of hydrogen-bond acceptors (Lipinski definition) is 6. The summed E-state index contributed by atoms with van der Waals surface area (Å²) in [7, 11) is 0.576. The number of imide groups is 1. The van der Waals surface area contributed by atoms with Crippen molar-refractivity contribution in [2.24, 2.45) is 17.8 Å². The molecule has 2 saturated heterocycles. The van der Waals surface area contributed by atoms with Gasteiger partial charge >= 0.3 is 7.12 Å². The quantitative estimate of drug-likeness (QED) is 0.392. The number of hydrogen-bond donors (Lipinski definition) is 2. The van der Waals surface area contributed by atoms with Crippen LogP contribution in [0.2, 0.25) is 6.32 Å². The molecule has 2 fully saturated rings. The molecule has 35 heavy (non-hydrogen) atoms. The number of nitrogens with zero attached hydrogens (tertiary/aromatic N) is 2. The standard InChI is InChI=1S/C27H29BN2O5/c1-16-13-20-25(27(33)30(2)26(20)32)21-15-28(34)35-23(24(16)21)11-8-18(22-5-3-4-12-29-22)14-17-6-9-19(31)10-7-17/h3-7,9-10,12,14,20-21,23,25,31,34H,8,11,13,15H2,1-2H3/b18-14-/t20-,21+,23-,25-/m1/s1. The lowest BCUT2D eigenvalue weighted by Gasteiger charge is -2.42. The van der Waals surface area contributed by atoms with Gasteiger partial charge in [-0.3, -0.25) is 19.5 Å². The van der Waals surface area contributed by atoms with Gasteiger partial charge in [0.2, 0.25) is 11.8 Å². The van der Waals surface area contributed by atoms with Gasteiger partial charge in [0.1, 0.15) is 5.75 Å². The third-order valence-corrected chi connectivity index (χ3v) is 7.58. The lowest BCUT2D eigenvalue weighted by molar-refractivity contribution is -0.138. The van der Waals surface area contributed by atoms with E-state index in [1.165, 1.54) is 4.90 Å². The highest BCUT2D eigenvalue weighted by atomic mass is 16.5. The summed E-state index contributed by atoms with van der Waals surface area (Å²) in [6, 6.07) is 12.8. The maximum atomic E-state index is 12.9. The molecule has 2 amide bonds. The summed E-state index contributed by atoms with van der Waals surface area (Å²) >= 11 is 0. The number of aromatic nitrogens is 1. The van der Waals surface area contributed by atoms with Gasteiger partial charge in [-0.1, -0.05) is 23.8 Å². The van der Waals surface area contributed by atoms with Crippen molar-refractivity contribution in [3.8, 4) is 5.75 Å². The number of allylic oxidation sites excluding steroid dienone is 2. The van der Waals surface area contributed by atoms with E-state index in [2.05, 4.69) is 4.98 Å². The average Bonchev–Trinajstić information content (AvgIpc) is 3.06. The minimum atomic E-state index is -0.978. The summed E-state index contributed by atoms with van der Waals surface area (Å²) in [5.41, 5.74) is 4.96. The Morgan fingerprint density at radius 2 is 1.94 bits per heavy atom. The molecular formula is C27H29BN2O5. The number of phenols is 1. The molecule has 0 radical (unpaired) electrons. The Balaban J connectivity index is 1.43. The fourth-order valence-corrected chi connectivity index (χ4v) is 5.96. The molecule has 7 nitrogen and oxygen atoms in total. The molecule has 0 unspecified atom stereocenters. The molecule has 1 aliphatic carbocycles. The average molecular weight is 472 g/mol. The molecular weight excluding hydrogens is 443 g/mol. The van der Waals surface area contributed by atoms with Crippen molar-refractivity contribution in [1.82, 2.24) is 9.88 Å². The number of likely N-dealkylation sites (tertiary alicyclic amines) is 1. The first-order chi connectivity index (χ1) is 16.8. The third-order valence-electron chi connectivity index (χ3n) is 7.58. The molecule has 1 aromatic carbocycles. The van der Waals surface area contributed by atoms with Crippen molar-refractivity contribution in [3.05, 3.63) is 71.1 Å². The fourth-order valence-electron chi connectivity index (χ4n) is 5.96. The van der Waals surface area contributed by atoms with E-state index >= 15 is 0 Å². The highest BCUT2D eigenvalue weighted by Crippen LogP contribution is 2.50. The Bertz CT molecular complexity index is 1190. The monoisotopic (exact) mass is 472 g/mol. The molecule has 8 heteroatoms. The van der Waals surface area contributed by atoms with E-state index in [0.29, 0.717) is 25.6 Å². The summed E-state index contributed by atoms with van der Waals surface area (Å²) in [6.07, 6.45) is 5.58. The van der Waals surface area contributed by atoms with Crippen LogP contribution in [-0.2, 0) is 14.2 Å². The zero-order chi connectivity index (χ0) is 24.7. The summed E-state index contributed by atoms with van der Waals surface area (Å²) in [4.78, 5) is 31.4. The molecule has 0 bridgehead atoms. The Kier molecular flexibility index (Phi) is 6.34. The van der Waals surface area contributed by atoms with Crippen LogP contribution in [0, 0.1) is 17.8 Å². The number of benzene rings is 1. The van der Waals surface area contributed by atoms with Gasteiger partial charge < -0.3 is 14.8 Å². The molecule has 2 aliphatic heterocycles. The van der Waals surface area contributed by atoms with Crippen LogP contribution in [-0.4, -0.2) is 52.1 Å². The molecule has 180 valence electrons. The van der Waals surface area contributed by atoms with Crippen LogP contribution < -0.4 is 0 Å². The van der Waals surface area contributed by atoms with Crippen LogP contribution in [0.25, 0.3) is 11.6 Å². The number of fused-ring (bicyclic) bond motifs is 3. The summed E-state index contributed by atoms with van der Waals surface area (Å²) in [5, 5.41) is 20.2. The number of pyridine rings is 1. The van der Waals surface area contributed by atoms with Crippen LogP contribution >= 0.6 is 0 Å². The summed E-state index contributed by atoms with van der Waals surface area (Å²) < 4.78 is 6.02. The maximum Gasteiger partial charge on any atom is 0.455 e. The molecule has 1 aromatic heterocycles. The molecule has 0 saturated carbocycles. The first kappa shape index (κ1) is 23.5. The van der Waals surface area contributed by atoms with Gasteiger partial charge in [0.25, 0.3) is 0 Å². The normalized spacial score (nSPS) is 26.8. The topological polar surface area (TPSA) is 100.0 Å². The Morgan fingerprint density at radius 1 is 1.17 bits per heavy atom. The molecule has 3 aliphatic rings. The Hall–Kier alpha value is -3.23. The number of aromatic hydroxyl groups is 1. The predicted molar refractivity (Wildman–Crippen MR) is 133 cm³/mol. The minimum absolute atomic E-state index is 0.120. The second-order valence-electron chi connectivity index (χ2n) is 9.74. The molecule has 2 N–H and O–H groups in total. The van der Waals surface area contributed by atoms with Gasteiger partial charge in [0.15, 0.2) is 0 Å². The van der Waals surface area contributed by atoms with E-state index in [4.69, 9.17) is 4.65 Å². The maximum absolute atomic E-state index is 12.9. The molecule has 0 spiro atoms. The predicted octanol–water partition coefficient (Wildman–Crippen LogP) is 3.55. The Labute approximate surface area is 205 Å². The third kappa shape index (κ3) is 4.44. The highest BCUT2D eigenvalue weighted by molar-refractivity contribution is 6.43. The molecule has 2 aromatic rings. The van der Waals surface area contributed by atoms with Crippen LogP contribution in [0.5, 0.6) is 5.75 Å². The SMILES string of the molecule is CC1=C2[C@@H](CC/C(=C/c3ccc(O)cc3)c3ccccn3)OB(O)C[C@@H]2[C@@H]2C(=O)N(C)C(=O)[C@@H]2C1. The van der Waals surface area contributed by atoms with Crippen molar-refractivity contribution >= 4 is 30.6 Å². The first-order valence-electron chi connectivity index (χ1n) is 12.1. The summed E-state index contributed by atoms with van der Waals surface area (Å²) in [6.45, 7) is 2.02. The number of amides is 2. The number of carbonyl (C=O) groups excluding carboxylic acids is 2. The van der Waals surface area contributed by atoms with Crippen LogP contribution in [0.15, 0.2) is 59.8 Å². The van der Waals surface area contributed by atoms with Crippen LogP contribution in [0.3, 0.4) is 0 Å². The molecule has 5 rings (SSSR count). The van der Waals surface area contributed by atoms with E-state index in [9.17, 15) is 19.7 Å². The molecule has 3 heterocycles. The minimum Gasteiger partial charge on any atom is -0.508 e. The van der Waals surface area contributed by atoms with E-state index in [1.54, 1.807) is 25.4 Å². The smallest absolute Gasteiger partial charge is 0.455 e. The number of carbonyl (C=O) groups is 2. The summed E-state index contributed by atoms with van der Waals surface area (Å²) in [5.74, 6) is -1.01. The van der Waals surface area contributed by atoms with Crippen molar-refractivity contribution in [3.63, 3.8) is 0 Å². The van der Waals surface area contributed by atoms with Gasteiger partial charge in [-0.15, -0.1) is 0 Å². The van der Waals surface area contributed by atoms with E-state index in [1.807, 2.05) is 43.3 Å². The van der Waals surface area contributed by atoms with Gasteiger partial charge in [0.05, 0.1) is 23.6 Å². The van der Waals surface area contributed by atoms with Crippen molar-refractivity contribution < 1.29 is 24.4 Å². The first-order valence-corrected chi connectivity index (χ1v) is 12.1. The van der Waals surface area contributed by atoms with E-state index < -0.39 is 13.0 Å². The van der Waals surface area contributed by atoms with E-state index in [-0.39, 0.29) is 35.5 Å². The van der Waals surface area contributed by atoms with Crippen LogP contribution in [0.1, 0.15) is 37.4 Å². The second kappa shape index (κ2) is 9.43. The van der Waals surface area contributed by atoms with Gasteiger partial charge in [0, 0.05) is 13.2 Å². The zero-order valence-corrected chi connectivity index (χ0v) is 19.9. The van der Waals surface area contributed by atoms with Crippen molar-refractivity contribution in [2.45, 2.75) is 38.6 Å². The lowest BCUT2D eigenvalue weighted by atomic mass is 9.58. The number of rotatable bonds is 5. The highest BCUT2D eigenvalue weighted by Gasteiger charge is 2.55. The number of phenolic OH excluding ortho intramolecular Hbond substituents is 1. The Morgan fingerprint density at radius 3 is 2.66 bits per heavy atom. The second-order valence-corrected chi connectivity index (χ2v) is 9.74. The van der Waals surface area contributed by atoms with Crippen LogP contribution in [0.4, 0.5) is 0 Å². The van der Waals surface area contributed by atoms with Crippen molar-refractivity contribution in [2.75, 3.05) is 7.05 Å².